The van der Waals surface area contributed by atoms with Gasteiger partial charge in [-0.1, -0.05) is 12.1 Å². The quantitative estimate of drug-likeness (QED) is 0.295. The van der Waals surface area contributed by atoms with Crippen molar-refractivity contribution < 1.29 is 40.2 Å². The summed E-state index contributed by atoms with van der Waals surface area (Å²) in [6, 6.07) is 7.66. The molecule has 10 nitrogen and oxygen atoms in total. The van der Waals surface area contributed by atoms with Crippen molar-refractivity contribution in [3.8, 4) is 23.0 Å². The van der Waals surface area contributed by atoms with Crippen LogP contribution in [0.15, 0.2) is 36.4 Å². The van der Waals surface area contributed by atoms with E-state index in [0.29, 0.717) is 11.1 Å². The van der Waals surface area contributed by atoms with Gasteiger partial charge in [0.15, 0.2) is 23.0 Å². The van der Waals surface area contributed by atoms with E-state index in [2.05, 4.69) is 5.32 Å². The maximum Gasteiger partial charge on any atom is 0.323 e. The number of carbonyl (C=O) groups is 2. The normalized spacial score (nSPS) is 13.4. The van der Waals surface area contributed by atoms with Crippen LogP contribution in [0, 0.1) is 0 Å². The largest absolute Gasteiger partial charge is 0.504 e. The maximum atomic E-state index is 10.7. The van der Waals surface area contributed by atoms with E-state index in [-0.39, 0.29) is 35.8 Å². The minimum Gasteiger partial charge on any atom is -0.504 e. The van der Waals surface area contributed by atoms with Crippen LogP contribution in [0.2, 0.25) is 0 Å². The fourth-order valence-corrected chi connectivity index (χ4v) is 2.42. The molecular weight excluding hydrogens is 396 g/mol. The highest BCUT2D eigenvalue weighted by atomic mass is 16.4. The van der Waals surface area contributed by atoms with Crippen LogP contribution in [0.25, 0.3) is 0 Å². The molecule has 0 aliphatic rings. The Labute approximate surface area is 172 Å². The molecule has 2 aromatic carbocycles. The summed E-state index contributed by atoms with van der Waals surface area (Å²) in [5, 5.41) is 56.7. The van der Waals surface area contributed by atoms with Gasteiger partial charge < -0.3 is 41.7 Å². The van der Waals surface area contributed by atoms with Gasteiger partial charge in [-0.15, -0.1) is 0 Å². The number of aliphatic carboxylic acids is 2. The summed E-state index contributed by atoms with van der Waals surface area (Å²) in [4.78, 5) is 21.5. The van der Waals surface area contributed by atoms with Crippen LogP contribution in [-0.4, -0.2) is 61.2 Å². The first-order valence-electron chi connectivity index (χ1n) is 8.81. The van der Waals surface area contributed by atoms with E-state index >= 15 is 0 Å². The van der Waals surface area contributed by atoms with Crippen molar-refractivity contribution in [3.63, 3.8) is 0 Å². The number of nitrogens with two attached hydrogens (primary N) is 1. The number of aromatic hydroxyl groups is 4. The fourth-order valence-electron chi connectivity index (χ4n) is 2.42. The van der Waals surface area contributed by atoms with Gasteiger partial charge in [-0.3, -0.25) is 9.59 Å². The molecule has 0 amide bonds. The van der Waals surface area contributed by atoms with Gasteiger partial charge in [-0.2, -0.15) is 0 Å². The molecule has 0 spiro atoms. The zero-order valence-electron chi connectivity index (χ0n) is 16.5. The lowest BCUT2D eigenvalue weighted by Gasteiger charge is -2.19. The molecule has 0 aliphatic heterocycles. The highest BCUT2D eigenvalue weighted by molar-refractivity contribution is 5.78. The van der Waals surface area contributed by atoms with E-state index < -0.39 is 23.5 Å². The third-order valence-electron chi connectivity index (χ3n) is 4.23. The molecule has 2 unspecified atom stereocenters. The summed E-state index contributed by atoms with van der Waals surface area (Å²) < 4.78 is 0. The van der Waals surface area contributed by atoms with E-state index in [9.17, 15) is 19.8 Å². The van der Waals surface area contributed by atoms with Crippen molar-refractivity contribution in [2.75, 3.05) is 7.05 Å². The molecular formula is C20H26N2O8. The first-order chi connectivity index (χ1) is 13.9. The second kappa shape index (κ2) is 10.3. The Balaban J connectivity index is 0.000000300. The Morgan fingerprint density at radius 2 is 1.40 bits per heavy atom. The standard InChI is InChI=1S/2C10H13NO4/c1-11-7(10(14)15)4-6-2-3-8(12)9(13)5-6;1-10(11,9(14)15)5-6-2-3-7(12)8(13)4-6/h2-3,5,7,11-13H,4H2,1H3,(H,14,15);2-4,12-13H,5,11H2,1H3,(H,14,15). The molecule has 0 bridgehead atoms. The highest BCUT2D eigenvalue weighted by Crippen LogP contribution is 2.26. The number of hydrogen-bond acceptors (Lipinski definition) is 8. The lowest BCUT2D eigenvalue weighted by Crippen LogP contribution is -2.46. The zero-order valence-corrected chi connectivity index (χ0v) is 16.5. The lowest BCUT2D eigenvalue weighted by molar-refractivity contribution is -0.142. The van der Waals surface area contributed by atoms with Crippen LogP contribution < -0.4 is 11.1 Å². The first-order valence-corrected chi connectivity index (χ1v) is 8.81. The zero-order chi connectivity index (χ0) is 23.1. The number of nitrogens with one attached hydrogen (secondary N) is 1. The molecule has 9 N–H and O–H groups in total. The predicted octanol–water partition coefficient (Wildman–Crippen LogP) is 0.755. The maximum absolute atomic E-state index is 10.7. The SMILES string of the molecule is CC(N)(Cc1ccc(O)c(O)c1)C(=O)O.CNC(Cc1ccc(O)c(O)c1)C(=O)O. The Bertz CT molecular complexity index is 898. The number of likely N-dealkylation sites (N-methyl/N-ethyl adjacent to an activating group) is 1. The molecule has 0 saturated carbocycles. The monoisotopic (exact) mass is 422 g/mol. The summed E-state index contributed by atoms with van der Waals surface area (Å²) in [6.07, 6.45) is 0.329. The Morgan fingerprint density at radius 3 is 1.80 bits per heavy atom. The molecule has 164 valence electrons. The molecule has 0 aliphatic carbocycles. The van der Waals surface area contributed by atoms with Crippen molar-refractivity contribution in [1.82, 2.24) is 5.32 Å². The van der Waals surface area contributed by atoms with Crippen molar-refractivity contribution in [3.05, 3.63) is 47.5 Å². The van der Waals surface area contributed by atoms with Crippen LogP contribution in [0.3, 0.4) is 0 Å². The highest BCUT2D eigenvalue weighted by Gasteiger charge is 2.28. The first kappa shape index (κ1) is 24.5. The van der Waals surface area contributed by atoms with Gasteiger partial charge in [0.2, 0.25) is 0 Å². The number of phenols is 4. The Kier molecular flexibility index (Phi) is 8.45. The number of hydrogen-bond donors (Lipinski definition) is 8. The number of carboxylic acid groups (broad SMARTS) is 2. The van der Waals surface area contributed by atoms with Gasteiger partial charge >= 0.3 is 11.9 Å². The number of carboxylic acids is 2. The fraction of sp³-hybridized carbons (Fsp3) is 0.300. The second-order valence-electron chi connectivity index (χ2n) is 6.93. The van der Waals surface area contributed by atoms with E-state index in [0.717, 1.165) is 0 Å². The van der Waals surface area contributed by atoms with Gasteiger partial charge in [-0.25, -0.2) is 0 Å². The Morgan fingerprint density at radius 1 is 0.933 bits per heavy atom. The summed E-state index contributed by atoms with van der Waals surface area (Å²) in [6.45, 7) is 1.39. The smallest absolute Gasteiger partial charge is 0.323 e. The summed E-state index contributed by atoms with van der Waals surface area (Å²) in [7, 11) is 1.55. The molecule has 2 atom stereocenters. The van der Waals surface area contributed by atoms with Crippen molar-refractivity contribution in [2.45, 2.75) is 31.3 Å². The molecule has 10 heteroatoms. The van der Waals surface area contributed by atoms with Crippen LogP contribution in [0.4, 0.5) is 0 Å². The topological polar surface area (TPSA) is 194 Å². The van der Waals surface area contributed by atoms with Crippen LogP contribution >= 0.6 is 0 Å². The van der Waals surface area contributed by atoms with E-state index in [1.165, 1.54) is 37.3 Å². The van der Waals surface area contributed by atoms with Crippen LogP contribution in [0.5, 0.6) is 23.0 Å². The minimum atomic E-state index is -1.39. The van der Waals surface area contributed by atoms with Crippen LogP contribution in [0.1, 0.15) is 18.1 Å². The third kappa shape index (κ3) is 7.15. The van der Waals surface area contributed by atoms with E-state index in [1.807, 2.05) is 0 Å². The van der Waals surface area contributed by atoms with Gasteiger partial charge in [0.1, 0.15) is 11.6 Å². The summed E-state index contributed by atoms with van der Waals surface area (Å²) >= 11 is 0. The Hall–Kier alpha value is -3.50. The van der Waals surface area contributed by atoms with Crippen molar-refractivity contribution in [1.29, 1.82) is 0 Å². The molecule has 2 rings (SSSR count). The third-order valence-corrected chi connectivity index (χ3v) is 4.23. The van der Waals surface area contributed by atoms with E-state index in [1.54, 1.807) is 13.1 Å². The van der Waals surface area contributed by atoms with E-state index in [4.69, 9.17) is 26.2 Å². The molecule has 0 saturated heterocycles. The molecule has 0 aromatic heterocycles. The average Bonchev–Trinajstić information content (AvgIpc) is 2.65. The summed E-state index contributed by atoms with van der Waals surface area (Å²) in [5.74, 6) is -3.05. The number of benzene rings is 2. The minimum absolute atomic E-state index is 0.0795. The molecule has 0 radical (unpaired) electrons. The molecule has 30 heavy (non-hydrogen) atoms. The van der Waals surface area contributed by atoms with Crippen molar-refractivity contribution in [2.24, 2.45) is 5.73 Å². The van der Waals surface area contributed by atoms with Crippen molar-refractivity contribution >= 4 is 11.9 Å². The summed E-state index contributed by atoms with van der Waals surface area (Å²) in [5.41, 5.74) is 5.35. The lowest BCUT2D eigenvalue weighted by atomic mass is 9.94. The molecule has 0 heterocycles. The van der Waals surface area contributed by atoms with Gasteiger partial charge in [0, 0.05) is 6.42 Å². The molecule has 0 fully saturated rings. The predicted molar refractivity (Wildman–Crippen MR) is 108 cm³/mol. The molecule has 2 aromatic rings. The average molecular weight is 422 g/mol. The van der Waals surface area contributed by atoms with Crippen LogP contribution in [-0.2, 0) is 22.4 Å². The number of phenolic OH excluding ortho intramolecular Hbond substituents is 4. The van der Waals surface area contributed by atoms with Gasteiger partial charge in [0.05, 0.1) is 0 Å². The second-order valence-corrected chi connectivity index (χ2v) is 6.93. The number of rotatable bonds is 7. The van der Waals surface area contributed by atoms with Gasteiger partial charge in [-0.05, 0) is 55.8 Å². The van der Waals surface area contributed by atoms with Gasteiger partial charge in [0.25, 0.3) is 0 Å².